The maximum absolute atomic E-state index is 12.4. The standard InChI is InChI=1S/C18H16ClN5O3S/c1-12-17(18(25)20-9-10-28-16-7-5-13(19)6-8-16)21-22-23(12)14-3-2-4-15(11-14)24(26)27/h2-8,11H,9-10H2,1H3,(H,20,25). The van der Waals surface area contributed by atoms with Crippen molar-refractivity contribution in [3.8, 4) is 5.69 Å². The number of halogens is 1. The first-order chi connectivity index (χ1) is 13.5. The molecule has 0 radical (unpaired) electrons. The minimum Gasteiger partial charge on any atom is -0.350 e. The van der Waals surface area contributed by atoms with Gasteiger partial charge in [-0.15, -0.1) is 16.9 Å². The van der Waals surface area contributed by atoms with Crippen molar-refractivity contribution < 1.29 is 9.72 Å². The molecule has 2 aromatic carbocycles. The molecule has 8 nitrogen and oxygen atoms in total. The second-order valence-electron chi connectivity index (χ2n) is 5.77. The van der Waals surface area contributed by atoms with Gasteiger partial charge in [0.1, 0.15) is 0 Å². The summed E-state index contributed by atoms with van der Waals surface area (Å²) < 4.78 is 1.41. The Morgan fingerprint density at radius 1 is 1.29 bits per heavy atom. The molecule has 3 rings (SSSR count). The van der Waals surface area contributed by atoms with Crippen molar-refractivity contribution in [3.63, 3.8) is 0 Å². The molecule has 1 N–H and O–H groups in total. The molecule has 144 valence electrons. The number of rotatable bonds is 7. The molecular weight excluding hydrogens is 402 g/mol. The number of hydrogen-bond donors (Lipinski definition) is 1. The molecule has 10 heteroatoms. The number of carbonyl (C=O) groups is 1. The molecule has 1 aromatic heterocycles. The van der Waals surface area contributed by atoms with E-state index >= 15 is 0 Å². The fourth-order valence-corrected chi connectivity index (χ4v) is 3.36. The predicted molar refractivity (Wildman–Crippen MR) is 107 cm³/mol. The van der Waals surface area contributed by atoms with E-state index in [2.05, 4.69) is 15.6 Å². The van der Waals surface area contributed by atoms with Gasteiger partial charge in [0, 0.05) is 34.3 Å². The van der Waals surface area contributed by atoms with Crippen LogP contribution in [0.1, 0.15) is 16.2 Å². The highest BCUT2D eigenvalue weighted by molar-refractivity contribution is 7.99. The molecule has 1 heterocycles. The van der Waals surface area contributed by atoms with Crippen molar-refractivity contribution in [1.29, 1.82) is 0 Å². The number of hydrogen-bond acceptors (Lipinski definition) is 6. The Morgan fingerprint density at radius 3 is 2.75 bits per heavy atom. The number of nitrogens with one attached hydrogen (secondary N) is 1. The van der Waals surface area contributed by atoms with Crippen LogP contribution in [0.2, 0.25) is 5.02 Å². The van der Waals surface area contributed by atoms with Gasteiger partial charge in [-0.05, 0) is 37.3 Å². The molecule has 0 fully saturated rings. The molecule has 0 aliphatic carbocycles. The number of nitro groups is 1. The zero-order chi connectivity index (χ0) is 20.1. The fraction of sp³-hybridized carbons (Fsp3) is 0.167. The van der Waals surface area contributed by atoms with Crippen LogP contribution in [0.3, 0.4) is 0 Å². The number of nitro benzene ring substituents is 1. The Balaban J connectivity index is 1.61. The number of amides is 1. The van der Waals surface area contributed by atoms with Gasteiger partial charge in [-0.25, -0.2) is 4.68 Å². The van der Waals surface area contributed by atoms with Crippen LogP contribution < -0.4 is 5.32 Å². The summed E-state index contributed by atoms with van der Waals surface area (Å²) in [5.74, 6) is 0.344. The van der Waals surface area contributed by atoms with Crippen LogP contribution in [0.25, 0.3) is 5.69 Å². The SMILES string of the molecule is Cc1c(C(=O)NCCSc2ccc(Cl)cc2)nnn1-c1cccc([N+](=O)[O-])c1. The monoisotopic (exact) mass is 417 g/mol. The van der Waals surface area contributed by atoms with Crippen LogP contribution in [0.5, 0.6) is 0 Å². The van der Waals surface area contributed by atoms with E-state index in [1.165, 1.54) is 16.8 Å². The molecular formula is C18H16ClN5O3S. The lowest BCUT2D eigenvalue weighted by atomic mass is 10.2. The first kappa shape index (κ1) is 19.8. The predicted octanol–water partition coefficient (Wildman–Crippen LogP) is 3.66. The first-order valence-corrected chi connectivity index (χ1v) is 9.66. The molecule has 0 spiro atoms. The van der Waals surface area contributed by atoms with Gasteiger partial charge in [-0.3, -0.25) is 14.9 Å². The molecule has 0 bridgehead atoms. The van der Waals surface area contributed by atoms with Gasteiger partial charge >= 0.3 is 0 Å². The zero-order valence-electron chi connectivity index (χ0n) is 14.8. The Labute approximate surface area is 170 Å². The van der Waals surface area contributed by atoms with Crippen molar-refractivity contribution in [2.75, 3.05) is 12.3 Å². The van der Waals surface area contributed by atoms with Crippen molar-refractivity contribution in [3.05, 3.63) is 75.1 Å². The van der Waals surface area contributed by atoms with Gasteiger partial charge in [-0.1, -0.05) is 22.9 Å². The lowest BCUT2D eigenvalue weighted by Gasteiger charge is -2.05. The molecule has 0 saturated carbocycles. The van der Waals surface area contributed by atoms with E-state index < -0.39 is 4.92 Å². The normalized spacial score (nSPS) is 10.6. The third-order valence-electron chi connectivity index (χ3n) is 3.86. The smallest absolute Gasteiger partial charge is 0.273 e. The molecule has 0 unspecified atom stereocenters. The molecule has 0 aliphatic heterocycles. The molecule has 0 aliphatic rings. The van der Waals surface area contributed by atoms with Crippen LogP contribution in [0.15, 0.2) is 53.4 Å². The maximum atomic E-state index is 12.4. The maximum Gasteiger partial charge on any atom is 0.273 e. The largest absolute Gasteiger partial charge is 0.350 e. The van der Waals surface area contributed by atoms with Crippen molar-refractivity contribution in [2.24, 2.45) is 0 Å². The molecule has 3 aromatic rings. The lowest BCUT2D eigenvalue weighted by molar-refractivity contribution is -0.384. The van der Waals surface area contributed by atoms with Gasteiger partial charge in [0.2, 0.25) is 0 Å². The minimum absolute atomic E-state index is 0.0578. The highest BCUT2D eigenvalue weighted by Gasteiger charge is 2.18. The summed E-state index contributed by atoms with van der Waals surface area (Å²) in [4.78, 5) is 23.9. The zero-order valence-corrected chi connectivity index (χ0v) is 16.4. The van der Waals surface area contributed by atoms with Crippen LogP contribution >= 0.6 is 23.4 Å². The van der Waals surface area contributed by atoms with E-state index in [9.17, 15) is 14.9 Å². The summed E-state index contributed by atoms with van der Waals surface area (Å²) in [6, 6.07) is 13.5. The topological polar surface area (TPSA) is 103 Å². The first-order valence-electron chi connectivity index (χ1n) is 8.29. The highest BCUT2D eigenvalue weighted by atomic mass is 35.5. The molecule has 1 amide bonds. The summed E-state index contributed by atoms with van der Waals surface area (Å²) in [7, 11) is 0. The van der Waals surface area contributed by atoms with Crippen LogP contribution in [0, 0.1) is 17.0 Å². The van der Waals surface area contributed by atoms with Crippen molar-refractivity contribution >= 4 is 35.0 Å². The number of non-ortho nitro benzene ring substituents is 1. The van der Waals surface area contributed by atoms with Crippen LogP contribution in [0.4, 0.5) is 5.69 Å². The Kier molecular flexibility index (Phi) is 6.27. The Hall–Kier alpha value is -2.91. The van der Waals surface area contributed by atoms with Gasteiger partial charge in [0.15, 0.2) is 5.69 Å². The quantitative estimate of drug-likeness (QED) is 0.272. The van der Waals surface area contributed by atoms with Crippen molar-refractivity contribution in [1.82, 2.24) is 20.3 Å². The summed E-state index contributed by atoms with van der Waals surface area (Å²) in [6.07, 6.45) is 0. The molecule has 28 heavy (non-hydrogen) atoms. The minimum atomic E-state index is -0.484. The number of thioether (sulfide) groups is 1. The second-order valence-corrected chi connectivity index (χ2v) is 7.38. The van der Waals surface area contributed by atoms with E-state index in [0.29, 0.717) is 28.7 Å². The number of aromatic nitrogens is 3. The highest BCUT2D eigenvalue weighted by Crippen LogP contribution is 2.20. The van der Waals surface area contributed by atoms with E-state index in [1.54, 1.807) is 30.8 Å². The van der Waals surface area contributed by atoms with E-state index in [0.717, 1.165) is 4.90 Å². The molecule has 0 saturated heterocycles. The van der Waals surface area contributed by atoms with E-state index in [1.807, 2.05) is 24.3 Å². The molecule has 0 atom stereocenters. The van der Waals surface area contributed by atoms with E-state index in [-0.39, 0.29) is 17.3 Å². The second kappa shape index (κ2) is 8.85. The number of benzene rings is 2. The third kappa shape index (κ3) is 4.68. The average molecular weight is 418 g/mol. The number of nitrogens with zero attached hydrogens (tertiary/aromatic N) is 4. The summed E-state index contributed by atoms with van der Waals surface area (Å²) >= 11 is 7.45. The van der Waals surface area contributed by atoms with Gasteiger partial charge in [0.05, 0.1) is 16.3 Å². The summed E-state index contributed by atoms with van der Waals surface area (Å²) in [5.41, 5.74) is 1.10. The summed E-state index contributed by atoms with van der Waals surface area (Å²) in [5, 5.41) is 22.3. The lowest BCUT2D eigenvalue weighted by Crippen LogP contribution is -2.26. The van der Waals surface area contributed by atoms with Gasteiger partial charge in [0.25, 0.3) is 11.6 Å². The third-order valence-corrected chi connectivity index (χ3v) is 5.13. The Morgan fingerprint density at radius 2 is 2.04 bits per heavy atom. The van der Waals surface area contributed by atoms with Gasteiger partial charge < -0.3 is 5.32 Å². The van der Waals surface area contributed by atoms with Gasteiger partial charge in [-0.2, -0.15) is 0 Å². The number of carbonyl (C=O) groups excluding carboxylic acids is 1. The Bertz CT molecular complexity index is 1010. The van der Waals surface area contributed by atoms with Crippen LogP contribution in [-0.2, 0) is 0 Å². The van der Waals surface area contributed by atoms with Crippen molar-refractivity contribution in [2.45, 2.75) is 11.8 Å². The fourth-order valence-electron chi connectivity index (χ4n) is 2.47. The average Bonchev–Trinajstić information content (AvgIpc) is 3.08. The van der Waals surface area contributed by atoms with E-state index in [4.69, 9.17) is 11.6 Å². The van der Waals surface area contributed by atoms with Crippen LogP contribution in [-0.4, -0.2) is 38.1 Å². The summed E-state index contributed by atoms with van der Waals surface area (Å²) in [6.45, 7) is 2.14.